The molecule has 2 aromatic heterocycles. The fourth-order valence-electron chi connectivity index (χ4n) is 4.12. The van der Waals surface area contributed by atoms with Crippen LogP contribution >= 0.6 is 0 Å². The van der Waals surface area contributed by atoms with Crippen LogP contribution in [0.2, 0.25) is 0 Å². The number of esters is 1. The summed E-state index contributed by atoms with van der Waals surface area (Å²) in [5, 5.41) is 4.15. The first-order valence-corrected chi connectivity index (χ1v) is 10.2. The lowest BCUT2D eigenvalue weighted by atomic mass is 9.87. The van der Waals surface area contributed by atoms with E-state index in [0.717, 1.165) is 19.3 Å². The van der Waals surface area contributed by atoms with Crippen LogP contribution < -0.4 is 0 Å². The summed E-state index contributed by atoms with van der Waals surface area (Å²) in [6.45, 7) is 3.58. The van der Waals surface area contributed by atoms with Gasteiger partial charge in [-0.05, 0) is 36.3 Å². The maximum atomic E-state index is 12.8. The van der Waals surface area contributed by atoms with E-state index in [2.05, 4.69) is 27.2 Å². The van der Waals surface area contributed by atoms with Gasteiger partial charge >= 0.3 is 5.97 Å². The summed E-state index contributed by atoms with van der Waals surface area (Å²) in [6, 6.07) is 8.21. The second-order valence-electron chi connectivity index (χ2n) is 7.87. The van der Waals surface area contributed by atoms with Crippen molar-refractivity contribution in [1.82, 2.24) is 24.5 Å². The predicted octanol–water partition coefficient (Wildman–Crippen LogP) is 2.94. The van der Waals surface area contributed by atoms with Gasteiger partial charge in [-0.2, -0.15) is 10.1 Å². The van der Waals surface area contributed by atoms with E-state index in [1.165, 1.54) is 28.2 Å². The molecule has 0 saturated heterocycles. The molecule has 1 aliphatic rings. The van der Waals surface area contributed by atoms with Crippen molar-refractivity contribution in [2.75, 3.05) is 13.7 Å². The normalized spacial score (nSPS) is 15.8. The summed E-state index contributed by atoms with van der Waals surface area (Å²) in [7, 11) is 1.77. The molecular formula is C22H25N5O3. The molecule has 156 valence electrons. The minimum absolute atomic E-state index is 0.000502. The minimum Gasteiger partial charge on any atom is -0.452 e. The van der Waals surface area contributed by atoms with Gasteiger partial charge in [-0.25, -0.2) is 14.3 Å². The maximum absolute atomic E-state index is 12.8. The molecule has 0 N–H and O–H groups in total. The number of carbonyl (C=O) groups excluding carboxylic acids is 2. The second-order valence-corrected chi connectivity index (χ2v) is 7.87. The average molecular weight is 407 g/mol. The van der Waals surface area contributed by atoms with Gasteiger partial charge in [0.05, 0.1) is 17.3 Å². The lowest BCUT2D eigenvalue weighted by Gasteiger charge is -2.33. The van der Waals surface area contributed by atoms with E-state index in [1.54, 1.807) is 11.9 Å². The Labute approximate surface area is 174 Å². The average Bonchev–Trinajstić information content (AvgIpc) is 3.24. The van der Waals surface area contributed by atoms with E-state index in [1.807, 2.05) is 26.0 Å². The van der Waals surface area contributed by atoms with Gasteiger partial charge in [-0.1, -0.05) is 38.1 Å². The SMILES string of the molecule is CC(C)c1c(C(=O)OCC(=O)N(C)C2CCCc3ccccc32)cnc2ncnn12. The number of nitrogens with zero attached hydrogens (tertiary/aromatic N) is 5. The molecule has 1 aromatic carbocycles. The quantitative estimate of drug-likeness (QED) is 0.604. The Hall–Kier alpha value is -3.29. The second kappa shape index (κ2) is 8.22. The molecule has 0 aliphatic heterocycles. The standard InChI is InChI=1S/C22H25N5O3/c1-14(2)20-17(11-23-22-24-13-25-27(20)22)21(29)30-12-19(28)26(3)18-10-6-8-15-7-4-5-9-16(15)18/h4-5,7,9,11,13-14,18H,6,8,10,12H2,1-3H3. The van der Waals surface area contributed by atoms with E-state index >= 15 is 0 Å². The van der Waals surface area contributed by atoms with Crippen LogP contribution in [0.15, 0.2) is 36.8 Å². The van der Waals surface area contributed by atoms with E-state index in [0.29, 0.717) is 17.0 Å². The Morgan fingerprint density at radius 3 is 2.87 bits per heavy atom. The minimum atomic E-state index is -0.589. The summed E-state index contributed by atoms with van der Waals surface area (Å²) >= 11 is 0. The first kappa shape index (κ1) is 20.0. The largest absolute Gasteiger partial charge is 0.452 e. The molecule has 8 heteroatoms. The van der Waals surface area contributed by atoms with E-state index in [4.69, 9.17) is 4.74 Å². The molecule has 0 spiro atoms. The molecular weight excluding hydrogens is 382 g/mol. The van der Waals surface area contributed by atoms with Crippen molar-refractivity contribution < 1.29 is 14.3 Å². The molecule has 0 saturated carbocycles. The highest BCUT2D eigenvalue weighted by Crippen LogP contribution is 2.33. The van der Waals surface area contributed by atoms with Gasteiger partial charge in [0.1, 0.15) is 6.33 Å². The van der Waals surface area contributed by atoms with Crippen LogP contribution in [-0.4, -0.2) is 50.0 Å². The highest BCUT2D eigenvalue weighted by molar-refractivity contribution is 5.92. The summed E-state index contributed by atoms with van der Waals surface area (Å²) in [4.78, 5) is 35.4. The van der Waals surface area contributed by atoms with E-state index in [-0.39, 0.29) is 24.5 Å². The number of aryl methyl sites for hydroxylation is 1. The van der Waals surface area contributed by atoms with Crippen molar-refractivity contribution in [2.24, 2.45) is 0 Å². The lowest BCUT2D eigenvalue weighted by Crippen LogP contribution is -2.36. The third kappa shape index (κ3) is 3.65. The number of hydrogen-bond acceptors (Lipinski definition) is 6. The number of fused-ring (bicyclic) bond motifs is 2. The van der Waals surface area contributed by atoms with Crippen LogP contribution in [0.5, 0.6) is 0 Å². The van der Waals surface area contributed by atoms with Gasteiger partial charge in [0.2, 0.25) is 0 Å². The van der Waals surface area contributed by atoms with Crippen LogP contribution in [0.3, 0.4) is 0 Å². The molecule has 0 fully saturated rings. The Bertz CT molecular complexity index is 1090. The molecule has 8 nitrogen and oxygen atoms in total. The van der Waals surface area contributed by atoms with Crippen molar-refractivity contribution in [2.45, 2.75) is 45.1 Å². The first-order valence-electron chi connectivity index (χ1n) is 10.2. The number of carbonyl (C=O) groups is 2. The van der Waals surface area contributed by atoms with Gasteiger partial charge in [-0.3, -0.25) is 4.79 Å². The Kier molecular flexibility index (Phi) is 5.48. The van der Waals surface area contributed by atoms with Gasteiger partial charge in [-0.15, -0.1) is 0 Å². The van der Waals surface area contributed by atoms with Crippen molar-refractivity contribution in [1.29, 1.82) is 0 Å². The van der Waals surface area contributed by atoms with Gasteiger partial charge in [0, 0.05) is 13.2 Å². The number of ether oxygens (including phenoxy) is 1. The van der Waals surface area contributed by atoms with Gasteiger partial charge in [0.25, 0.3) is 11.7 Å². The lowest BCUT2D eigenvalue weighted by molar-refractivity contribution is -0.135. The van der Waals surface area contributed by atoms with Crippen molar-refractivity contribution in [3.63, 3.8) is 0 Å². The van der Waals surface area contributed by atoms with Crippen LogP contribution in [0.1, 0.15) is 65.8 Å². The van der Waals surface area contributed by atoms with E-state index in [9.17, 15) is 9.59 Å². The van der Waals surface area contributed by atoms with Crippen LogP contribution in [0.4, 0.5) is 0 Å². The molecule has 1 atom stereocenters. The van der Waals surface area contributed by atoms with Gasteiger partial charge in [0.15, 0.2) is 6.61 Å². The highest BCUT2D eigenvalue weighted by Gasteiger charge is 2.28. The molecule has 3 aromatic rings. The number of amides is 1. The van der Waals surface area contributed by atoms with Crippen molar-refractivity contribution in [3.8, 4) is 0 Å². The molecule has 1 amide bonds. The molecule has 1 aliphatic carbocycles. The Morgan fingerprint density at radius 1 is 1.27 bits per heavy atom. The number of aromatic nitrogens is 4. The maximum Gasteiger partial charge on any atom is 0.342 e. The molecule has 0 bridgehead atoms. The fraction of sp³-hybridized carbons (Fsp3) is 0.409. The zero-order valence-corrected chi connectivity index (χ0v) is 17.4. The first-order chi connectivity index (χ1) is 14.5. The van der Waals surface area contributed by atoms with Crippen LogP contribution in [0.25, 0.3) is 5.78 Å². The zero-order chi connectivity index (χ0) is 21.3. The summed E-state index contributed by atoms with van der Waals surface area (Å²) in [6.07, 6.45) is 5.79. The topological polar surface area (TPSA) is 89.7 Å². The third-order valence-corrected chi connectivity index (χ3v) is 5.64. The molecule has 1 unspecified atom stereocenters. The number of likely N-dealkylation sites (N-methyl/N-ethyl adjacent to an activating group) is 1. The molecule has 2 heterocycles. The number of benzene rings is 1. The number of rotatable bonds is 5. The molecule has 30 heavy (non-hydrogen) atoms. The fourth-order valence-corrected chi connectivity index (χ4v) is 4.12. The summed E-state index contributed by atoms with van der Waals surface area (Å²) in [5.74, 6) is -0.403. The van der Waals surface area contributed by atoms with Crippen molar-refractivity contribution >= 4 is 17.7 Å². The van der Waals surface area contributed by atoms with Crippen LogP contribution in [-0.2, 0) is 16.0 Å². The Balaban J connectivity index is 1.48. The molecule has 4 rings (SSSR count). The highest BCUT2D eigenvalue weighted by atomic mass is 16.5. The monoisotopic (exact) mass is 407 g/mol. The van der Waals surface area contributed by atoms with Gasteiger partial charge < -0.3 is 9.64 Å². The smallest absolute Gasteiger partial charge is 0.342 e. The third-order valence-electron chi connectivity index (χ3n) is 5.64. The van der Waals surface area contributed by atoms with Crippen LogP contribution in [0, 0.1) is 0 Å². The number of hydrogen-bond donors (Lipinski definition) is 0. The van der Waals surface area contributed by atoms with E-state index < -0.39 is 5.97 Å². The van der Waals surface area contributed by atoms with Crippen molar-refractivity contribution in [3.05, 3.63) is 59.2 Å². The zero-order valence-electron chi connectivity index (χ0n) is 17.4. The Morgan fingerprint density at radius 2 is 2.07 bits per heavy atom. The summed E-state index contributed by atoms with van der Waals surface area (Å²) < 4.78 is 6.91. The molecule has 0 radical (unpaired) electrons. The predicted molar refractivity (Wildman–Crippen MR) is 110 cm³/mol. The summed E-state index contributed by atoms with van der Waals surface area (Å²) in [5.41, 5.74) is 3.40.